The number of methoxy groups -OCH3 is 1. The number of hydrogen-bond donors (Lipinski definition) is 1. The van der Waals surface area contributed by atoms with Gasteiger partial charge in [-0.3, -0.25) is 14.9 Å². The second-order valence-corrected chi connectivity index (χ2v) is 7.58. The third-order valence-corrected chi connectivity index (χ3v) is 5.44. The molecule has 3 rings (SSSR count). The fraction of sp³-hybridized carbons (Fsp3) is 0.391. The molecule has 0 radical (unpaired) electrons. The van der Waals surface area contributed by atoms with Gasteiger partial charge in [-0.1, -0.05) is 24.3 Å². The van der Waals surface area contributed by atoms with E-state index < -0.39 is 4.92 Å². The molecule has 0 unspecified atom stereocenters. The standard InChI is InChI=1S/C23H29N5O4/c1-18(29)26-13-15-27(16-14-26)23(24-12-11-19-5-9-22(32-2)10-6-19)25-17-20-3-7-21(8-4-20)28(30)31/h3-10H,11-17H2,1-2H3,(H,24,25). The maximum Gasteiger partial charge on any atom is 0.269 e. The SMILES string of the molecule is COc1ccc(CCNC(=NCc2ccc([N+](=O)[O-])cc2)N2CCN(C(C)=O)CC2)cc1. The molecule has 2 aromatic rings. The number of nitrogens with zero attached hydrogens (tertiary/aromatic N) is 4. The molecular formula is C23H29N5O4. The van der Waals surface area contributed by atoms with Crippen LogP contribution in [0.5, 0.6) is 5.75 Å². The minimum Gasteiger partial charge on any atom is -0.497 e. The fourth-order valence-corrected chi connectivity index (χ4v) is 3.50. The molecule has 170 valence electrons. The van der Waals surface area contributed by atoms with E-state index in [0.717, 1.165) is 23.7 Å². The first kappa shape index (κ1) is 23.1. The molecule has 1 amide bonds. The zero-order valence-electron chi connectivity index (χ0n) is 18.5. The highest BCUT2D eigenvalue weighted by atomic mass is 16.6. The number of carbonyl (C=O) groups is 1. The van der Waals surface area contributed by atoms with Crippen LogP contribution < -0.4 is 10.1 Å². The summed E-state index contributed by atoms with van der Waals surface area (Å²) < 4.78 is 5.20. The Morgan fingerprint density at radius 2 is 1.62 bits per heavy atom. The van der Waals surface area contributed by atoms with E-state index in [-0.39, 0.29) is 11.6 Å². The molecule has 0 aromatic heterocycles. The number of benzene rings is 2. The minimum atomic E-state index is -0.409. The Morgan fingerprint density at radius 3 is 2.19 bits per heavy atom. The molecule has 0 aliphatic carbocycles. The lowest BCUT2D eigenvalue weighted by molar-refractivity contribution is -0.384. The van der Waals surface area contributed by atoms with Crippen molar-refractivity contribution in [3.8, 4) is 5.75 Å². The summed E-state index contributed by atoms with van der Waals surface area (Å²) in [5, 5.41) is 14.3. The normalized spacial score (nSPS) is 14.2. The number of carbonyl (C=O) groups excluding carboxylic acids is 1. The van der Waals surface area contributed by atoms with Crippen molar-refractivity contribution in [3.05, 3.63) is 69.8 Å². The highest BCUT2D eigenvalue weighted by molar-refractivity contribution is 5.80. The van der Waals surface area contributed by atoms with E-state index in [2.05, 4.69) is 10.2 Å². The van der Waals surface area contributed by atoms with Gasteiger partial charge >= 0.3 is 0 Å². The number of piperazine rings is 1. The summed E-state index contributed by atoms with van der Waals surface area (Å²) in [6.45, 7) is 5.43. The van der Waals surface area contributed by atoms with Crippen LogP contribution in [0.4, 0.5) is 5.69 Å². The number of non-ortho nitro benzene ring substituents is 1. The molecular weight excluding hydrogens is 410 g/mol. The van der Waals surface area contributed by atoms with E-state index in [0.29, 0.717) is 39.3 Å². The van der Waals surface area contributed by atoms with Crippen LogP contribution in [-0.4, -0.2) is 66.4 Å². The lowest BCUT2D eigenvalue weighted by Gasteiger charge is -2.36. The molecule has 1 saturated heterocycles. The van der Waals surface area contributed by atoms with Gasteiger partial charge in [0.25, 0.3) is 5.69 Å². The Hall–Kier alpha value is -3.62. The van der Waals surface area contributed by atoms with Crippen molar-refractivity contribution in [2.75, 3.05) is 39.8 Å². The maximum absolute atomic E-state index is 11.6. The van der Waals surface area contributed by atoms with Crippen molar-refractivity contribution in [3.63, 3.8) is 0 Å². The number of nitro benzene ring substituents is 1. The monoisotopic (exact) mass is 439 g/mol. The molecule has 0 saturated carbocycles. The van der Waals surface area contributed by atoms with Crippen LogP contribution in [0.3, 0.4) is 0 Å². The second-order valence-electron chi connectivity index (χ2n) is 7.58. The van der Waals surface area contributed by atoms with Gasteiger partial charge < -0.3 is 19.9 Å². The first-order valence-corrected chi connectivity index (χ1v) is 10.6. The van der Waals surface area contributed by atoms with E-state index in [1.807, 2.05) is 29.2 Å². The number of hydrogen-bond acceptors (Lipinski definition) is 5. The number of nitro groups is 1. The van der Waals surface area contributed by atoms with Crippen molar-refractivity contribution < 1.29 is 14.5 Å². The molecule has 0 spiro atoms. The van der Waals surface area contributed by atoms with Gasteiger partial charge in [0, 0.05) is 51.8 Å². The smallest absolute Gasteiger partial charge is 0.269 e. The average molecular weight is 440 g/mol. The van der Waals surface area contributed by atoms with Crippen molar-refractivity contribution in [2.45, 2.75) is 19.9 Å². The predicted molar refractivity (Wildman–Crippen MR) is 123 cm³/mol. The van der Waals surface area contributed by atoms with E-state index >= 15 is 0 Å². The molecule has 1 fully saturated rings. The van der Waals surface area contributed by atoms with Gasteiger partial charge in [-0.2, -0.15) is 0 Å². The Kier molecular flexibility index (Phi) is 8.02. The quantitative estimate of drug-likeness (QED) is 0.308. The van der Waals surface area contributed by atoms with Crippen LogP contribution in [0.25, 0.3) is 0 Å². The largest absolute Gasteiger partial charge is 0.497 e. The number of rotatable bonds is 7. The zero-order chi connectivity index (χ0) is 22.9. The van der Waals surface area contributed by atoms with Crippen molar-refractivity contribution in [1.29, 1.82) is 0 Å². The third kappa shape index (κ3) is 6.44. The van der Waals surface area contributed by atoms with Crippen LogP contribution in [0.15, 0.2) is 53.5 Å². The van der Waals surface area contributed by atoms with Crippen LogP contribution in [-0.2, 0) is 17.8 Å². The van der Waals surface area contributed by atoms with Crippen molar-refractivity contribution in [1.82, 2.24) is 15.1 Å². The lowest BCUT2D eigenvalue weighted by atomic mass is 10.1. The molecule has 1 N–H and O–H groups in total. The molecule has 9 nitrogen and oxygen atoms in total. The number of aliphatic imine (C=N–C) groups is 1. The van der Waals surface area contributed by atoms with E-state index in [9.17, 15) is 14.9 Å². The number of guanidine groups is 1. The zero-order valence-corrected chi connectivity index (χ0v) is 18.5. The van der Waals surface area contributed by atoms with E-state index in [4.69, 9.17) is 9.73 Å². The Bertz CT molecular complexity index is 936. The fourth-order valence-electron chi connectivity index (χ4n) is 3.50. The predicted octanol–water partition coefficient (Wildman–Crippen LogP) is 2.46. The molecule has 2 aromatic carbocycles. The van der Waals surface area contributed by atoms with Gasteiger partial charge in [0.05, 0.1) is 18.6 Å². The summed E-state index contributed by atoms with van der Waals surface area (Å²) in [4.78, 5) is 30.8. The summed E-state index contributed by atoms with van der Waals surface area (Å²) in [6, 6.07) is 14.4. The lowest BCUT2D eigenvalue weighted by Crippen LogP contribution is -2.53. The summed E-state index contributed by atoms with van der Waals surface area (Å²) >= 11 is 0. The second kappa shape index (κ2) is 11.1. The van der Waals surface area contributed by atoms with E-state index in [1.54, 1.807) is 26.2 Å². The Balaban J connectivity index is 1.64. The van der Waals surface area contributed by atoms with Crippen LogP contribution >= 0.6 is 0 Å². The average Bonchev–Trinajstić information content (AvgIpc) is 2.82. The highest BCUT2D eigenvalue weighted by Gasteiger charge is 2.21. The van der Waals surface area contributed by atoms with Crippen molar-refractivity contribution >= 4 is 17.6 Å². The molecule has 1 aliphatic rings. The number of ether oxygens (including phenoxy) is 1. The number of nitrogens with one attached hydrogen (secondary N) is 1. The van der Waals surface area contributed by atoms with Crippen LogP contribution in [0.2, 0.25) is 0 Å². The van der Waals surface area contributed by atoms with Crippen LogP contribution in [0.1, 0.15) is 18.1 Å². The third-order valence-electron chi connectivity index (χ3n) is 5.44. The van der Waals surface area contributed by atoms with Gasteiger partial charge in [-0.05, 0) is 29.7 Å². The minimum absolute atomic E-state index is 0.0657. The van der Waals surface area contributed by atoms with E-state index in [1.165, 1.54) is 17.7 Å². The topological polar surface area (TPSA) is 100 Å². The van der Waals surface area contributed by atoms with Gasteiger partial charge in [-0.15, -0.1) is 0 Å². The summed E-state index contributed by atoms with van der Waals surface area (Å²) in [6.07, 6.45) is 0.827. The molecule has 0 atom stereocenters. The maximum atomic E-state index is 11.6. The Morgan fingerprint density at radius 1 is 1.03 bits per heavy atom. The molecule has 32 heavy (non-hydrogen) atoms. The molecule has 9 heteroatoms. The van der Waals surface area contributed by atoms with Crippen LogP contribution in [0, 0.1) is 10.1 Å². The molecule has 1 aliphatic heterocycles. The van der Waals surface area contributed by atoms with Gasteiger partial charge in [0.1, 0.15) is 5.75 Å². The first-order valence-electron chi connectivity index (χ1n) is 10.6. The van der Waals surface area contributed by atoms with Gasteiger partial charge in [0.2, 0.25) is 5.91 Å². The van der Waals surface area contributed by atoms with Gasteiger partial charge in [-0.25, -0.2) is 4.99 Å². The number of amides is 1. The summed E-state index contributed by atoms with van der Waals surface area (Å²) in [5.41, 5.74) is 2.15. The summed E-state index contributed by atoms with van der Waals surface area (Å²) in [5.74, 6) is 1.69. The van der Waals surface area contributed by atoms with Gasteiger partial charge in [0.15, 0.2) is 5.96 Å². The summed E-state index contributed by atoms with van der Waals surface area (Å²) in [7, 11) is 1.65. The highest BCUT2D eigenvalue weighted by Crippen LogP contribution is 2.14. The molecule has 1 heterocycles. The first-order chi connectivity index (χ1) is 15.5. The Labute approximate surface area is 187 Å². The van der Waals surface area contributed by atoms with Crippen molar-refractivity contribution in [2.24, 2.45) is 4.99 Å². The molecule has 0 bridgehead atoms.